The molecule has 0 N–H and O–H groups in total. The summed E-state index contributed by atoms with van der Waals surface area (Å²) >= 11 is 0. The molecule has 6 nitrogen and oxygen atoms in total. The van der Waals surface area contributed by atoms with Gasteiger partial charge in [-0.25, -0.2) is 9.97 Å². The number of hydrogen-bond acceptors (Lipinski definition) is 4. The van der Waals surface area contributed by atoms with Crippen LogP contribution in [0.25, 0.3) is 99.9 Å². The molecule has 6 heteroatoms. The normalized spacial score (nSPS) is 12.0. The Kier molecular flexibility index (Phi) is 5.57. The van der Waals surface area contributed by atoms with Gasteiger partial charge in [0.05, 0.1) is 11.4 Å². The number of pyridine rings is 2. The van der Waals surface area contributed by atoms with Crippen molar-refractivity contribution >= 4 is 55.2 Å². The summed E-state index contributed by atoms with van der Waals surface area (Å²) in [5, 5.41) is 4.21. The Labute approximate surface area is 285 Å². The van der Waals surface area contributed by atoms with E-state index in [-0.39, 0.29) is 0 Å². The highest BCUT2D eigenvalue weighted by Gasteiger charge is 2.17. The van der Waals surface area contributed by atoms with Crippen LogP contribution in [0.2, 0.25) is 0 Å². The Balaban J connectivity index is 0.936. The first-order valence-electron chi connectivity index (χ1n) is 16.6. The first-order valence-corrected chi connectivity index (χ1v) is 16.6. The highest BCUT2D eigenvalue weighted by Crippen LogP contribution is 2.41. The summed E-state index contributed by atoms with van der Waals surface area (Å²) in [4.78, 5) is 9.55. The van der Waals surface area contributed by atoms with E-state index in [9.17, 15) is 0 Å². The third-order valence-corrected chi connectivity index (χ3v) is 9.83. The van der Waals surface area contributed by atoms with E-state index < -0.39 is 0 Å². The van der Waals surface area contributed by atoms with Crippen LogP contribution in [0.15, 0.2) is 167 Å². The first kappa shape index (κ1) is 27.1. The molecule has 0 amide bonds. The van der Waals surface area contributed by atoms with Crippen molar-refractivity contribution in [2.24, 2.45) is 0 Å². The van der Waals surface area contributed by atoms with Gasteiger partial charge in [-0.2, -0.15) is 0 Å². The van der Waals surface area contributed by atoms with E-state index in [0.717, 1.165) is 99.9 Å². The van der Waals surface area contributed by atoms with Crippen molar-refractivity contribution in [3.8, 4) is 44.8 Å². The Bertz CT molecular complexity index is 2810. The van der Waals surface area contributed by atoms with Crippen molar-refractivity contribution in [3.63, 3.8) is 0 Å². The van der Waals surface area contributed by atoms with Crippen molar-refractivity contribution < 1.29 is 8.83 Å². The lowest BCUT2D eigenvalue weighted by Gasteiger charge is -2.04. The predicted molar refractivity (Wildman–Crippen MR) is 200 cm³/mol. The summed E-state index contributed by atoms with van der Waals surface area (Å²) in [6.45, 7) is 0. The zero-order valence-corrected chi connectivity index (χ0v) is 26.6. The van der Waals surface area contributed by atoms with Gasteiger partial charge in [-0.15, -0.1) is 0 Å². The molecule has 0 aliphatic heterocycles. The van der Waals surface area contributed by atoms with Crippen molar-refractivity contribution in [2.45, 2.75) is 0 Å². The zero-order chi connectivity index (χ0) is 32.8. The maximum Gasteiger partial charge on any atom is 0.178 e. The average molecular weight is 643 g/mol. The molecule has 11 rings (SSSR count). The molecule has 0 unspecified atom stereocenters. The standard InChI is InChI=1S/C44H26N4O2/c1-3-21-47-25-37(45-41(47)5-1)29-11-7-27(8-12-29)31-15-19-39-35(23-31)33-17-18-34-36-24-32(16-20-40(36)50-44(34)43(33)49-39)28-9-13-30(14-10-28)38-26-48-22-4-2-6-42(48)46-38/h1-26H. The molecule has 0 fully saturated rings. The minimum Gasteiger partial charge on any atom is -0.452 e. The highest BCUT2D eigenvalue weighted by molar-refractivity contribution is 6.19. The largest absolute Gasteiger partial charge is 0.452 e. The molecule has 11 aromatic rings. The molecule has 0 bridgehead atoms. The van der Waals surface area contributed by atoms with E-state index in [1.165, 1.54) is 0 Å². The average Bonchev–Trinajstić information content (AvgIpc) is 3.96. The van der Waals surface area contributed by atoms with Crippen LogP contribution in [-0.4, -0.2) is 18.8 Å². The highest BCUT2D eigenvalue weighted by atomic mass is 16.4. The van der Waals surface area contributed by atoms with Gasteiger partial charge in [0.1, 0.15) is 22.5 Å². The SMILES string of the molecule is c1ccn2cc(-c3ccc(-c4ccc5oc6c(ccc7c8cc(-c9ccc(-c%10cn%11ccccc%11n%10)cc9)ccc8oc76)c5c4)cc3)nc2c1. The van der Waals surface area contributed by atoms with Gasteiger partial charge in [0.15, 0.2) is 11.2 Å². The lowest BCUT2D eigenvalue weighted by molar-refractivity contribution is 0.633. The van der Waals surface area contributed by atoms with Gasteiger partial charge in [-0.05, 0) is 82.9 Å². The monoisotopic (exact) mass is 642 g/mol. The number of imidazole rings is 2. The van der Waals surface area contributed by atoms with E-state index in [4.69, 9.17) is 18.8 Å². The quantitative estimate of drug-likeness (QED) is 0.192. The van der Waals surface area contributed by atoms with Gasteiger partial charge in [-0.3, -0.25) is 0 Å². The van der Waals surface area contributed by atoms with Gasteiger partial charge >= 0.3 is 0 Å². The van der Waals surface area contributed by atoms with Crippen LogP contribution in [0, 0.1) is 0 Å². The third kappa shape index (κ3) is 4.15. The summed E-state index contributed by atoms with van der Waals surface area (Å²) < 4.78 is 17.0. The topological polar surface area (TPSA) is 60.9 Å². The molecule has 6 aromatic heterocycles. The van der Waals surface area contributed by atoms with Crippen molar-refractivity contribution in [1.29, 1.82) is 0 Å². The molecule has 0 saturated carbocycles. The summed E-state index contributed by atoms with van der Waals surface area (Å²) in [5.41, 5.74) is 13.7. The van der Waals surface area contributed by atoms with Crippen LogP contribution in [0.4, 0.5) is 0 Å². The maximum atomic E-state index is 6.47. The molecule has 6 heterocycles. The van der Waals surface area contributed by atoms with E-state index in [1.807, 2.05) is 57.6 Å². The van der Waals surface area contributed by atoms with E-state index in [1.54, 1.807) is 0 Å². The van der Waals surface area contributed by atoms with Crippen LogP contribution in [0.1, 0.15) is 0 Å². The van der Waals surface area contributed by atoms with Crippen LogP contribution in [0.3, 0.4) is 0 Å². The Hall–Kier alpha value is -6.92. The number of hydrogen-bond donors (Lipinski definition) is 0. The maximum absolute atomic E-state index is 6.47. The second-order valence-corrected chi connectivity index (χ2v) is 12.8. The fourth-order valence-corrected chi connectivity index (χ4v) is 7.24. The van der Waals surface area contributed by atoms with Crippen molar-refractivity contribution in [1.82, 2.24) is 18.8 Å². The number of benzene rings is 5. The molecule has 0 saturated heterocycles. The lowest BCUT2D eigenvalue weighted by Crippen LogP contribution is -1.81. The fourth-order valence-electron chi connectivity index (χ4n) is 7.24. The molecule has 50 heavy (non-hydrogen) atoms. The van der Waals surface area contributed by atoms with Crippen LogP contribution in [-0.2, 0) is 0 Å². The Morgan fingerprint density at radius 3 is 1.24 bits per heavy atom. The molecule has 0 atom stereocenters. The van der Waals surface area contributed by atoms with E-state index >= 15 is 0 Å². The zero-order valence-electron chi connectivity index (χ0n) is 26.6. The van der Waals surface area contributed by atoms with Crippen LogP contribution < -0.4 is 0 Å². The molecule has 0 spiro atoms. The van der Waals surface area contributed by atoms with Gasteiger partial charge in [0.2, 0.25) is 0 Å². The van der Waals surface area contributed by atoms with E-state index in [2.05, 4.69) is 109 Å². The minimum atomic E-state index is 0.770. The predicted octanol–water partition coefficient (Wildman–Crippen LogP) is 11.4. The number of fused-ring (bicyclic) bond motifs is 9. The third-order valence-electron chi connectivity index (χ3n) is 9.83. The molecule has 0 aliphatic carbocycles. The molecular weight excluding hydrogens is 617 g/mol. The summed E-state index contributed by atoms with van der Waals surface area (Å²) in [5.74, 6) is 0. The van der Waals surface area contributed by atoms with Gasteiger partial charge < -0.3 is 17.6 Å². The molecule has 0 radical (unpaired) electrons. The fraction of sp³-hybridized carbons (Fsp3) is 0. The van der Waals surface area contributed by atoms with Gasteiger partial charge in [0, 0.05) is 57.5 Å². The second kappa shape index (κ2) is 10.3. The number of rotatable bonds is 4. The summed E-state index contributed by atoms with van der Waals surface area (Å²) in [6.07, 6.45) is 8.17. The van der Waals surface area contributed by atoms with Crippen LogP contribution in [0.5, 0.6) is 0 Å². The number of nitrogens with zero attached hydrogens (tertiary/aromatic N) is 4. The van der Waals surface area contributed by atoms with E-state index in [0.29, 0.717) is 0 Å². The first-order chi connectivity index (χ1) is 24.7. The number of furan rings is 2. The Morgan fingerprint density at radius 1 is 0.380 bits per heavy atom. The smallest absolute Gasteiger partial charge is 0.178 e. The molecule has 0 aliphatic rings. The lowest BCUT2D eigenvalue weighted by atomic mass is 10.00. The van der Waals surface area contributed by atoms with Gasteiger partial charge in [0.25, 0.3) is 0 Å². The molecule has 5 aromatic carbocycles. The molecular formula is C44H26N4O2. The molecule has 234 valence electrons. The van der Waals surface area contributed by atoms with Crippen molar-refractivity contribution in [2.75, 3.05) is 0 Å². The minimum absolute atomic E-state index is 0.770. The van der Waals surface area contributed by atoms with Crippen molar-refractivity contribution in [3.05, 3.63) is 158 Å². The number of aromatic nitrogens is 4. The summed E-state index contributed by atoms with van der Waals surface area (Å²) in [6, 6.07) is 46.3. The Morgan fingerprint density at radius 2 is 0.800 bits per heavy atom. The summed E-state index contributed by atoms with van der Waals surface area (Å²) in [7, 11) is 0. The van der Waals surface area contributed by atoms with Gasteiger partial charge in [-0.1, -0.05) is 72.8 Å². The van der Waals surface area contributed by atoms with Crippen LogP contribution >= 0.6 is 0 Å². The second-order valence-electron chi connectivity index (χ2n) is 12.8.